The summed E-state index contributed by atoms with van der Waals surface area (Å²) in [4.78, 5) is 0. The summed E-state index contributed by atoms with van der Waals surface area (Å²) in [5.74, 6) is -0.431. The molecule has 2 N–H and O–H groups in total. The second kappa shape index (κ2) is 5.89. The van der Waals surface area contributed by atoms with Crippen molar-refractivity contribution in [1.82, 2.24) is 0 Å². The largest absolute Gasteiger partial charge is 0.454 e. The van der Waals surface area contributed by atoms with E-state index in [9.17, 15) is 8.78 Å². The Labute approximate surface area is 124 Å². The molecule has 0 unspecified atom stereocenters. The molecule has 0 saturated carbocycles. The third kappa shape index (κ3) is 3.16. The lowest BCUT2D eigenvalue weighted by atomic mass is 10.1. The number of nitrogens with two attached hydrogens (primary N) is 1. The van der Waals surface area contributed by atoms with Gasteiger partial charge in [-0.2, -0.15) is 0 Å². The Hall–Kier alpha value is -1.46. The van der Waals surface area contributed by atoms with Crippen molar-refractivity contribution in [3.63, 3.8) is 0 Å². The highest BCUT2D eigenvalue weighted by Gasteiger charge is 2.14. The van der Waals surface area contributed by atoms with Crippen LogP contribution in [0.3, 0.4) is 0 Å². The predicted octanol–water partition coefficient (Wildman–Crippen LogP) is 4.85. The van der Waals surface area contributed by atoms with Crippen molar-refractivity contribution >= 4 is 15.9 Å². The van der Waals surface area contributed by atoms with Gasteiger partial charge in [0.2, 0.25) is 0 Å². The van der Waals surface area contributed by atoms with Gasteiger partial charge in [0.15, 0.2) is 11.6 Å². The summed E-state index contributed by atoms with van der Waals surface area (Å²) >= 11 is 3.18. The van der Waals surface area contributed by atoms with Gasteiger partial charge in [0.05, 0.1) is 0 Å². The summed E-state index contributed by atoms with van der Waals surface area (Å²) in [6.07, 6.45) is 0. The molecule has 0 fully saturated rings. The molecule has 0 spiro atoms. The van der Waals surface area contributed by atoms with Gasteiger partial charge < -0.3 is 10.5 Å². The maximum Gasteiger partial charge on any atom is 0.166 e. The molecule has 0 heterocycles. The molecule has 1 atom stereocenters. The Morgan fingerprint density at radius 2 is 1.80 bits per heavy atom. The monoisotopic (exact) mass is 341 g/mol. The van der Waals surface area contributed by atoms with E-state index in [1.54, 1.807) is 19.9 Å². The Kier molecular flexibility index (Phi) is 4.40. The van der Waals surface area contributed by atoms with Crippen molar-refractivity contribution in [3.8, 4) is 11.5 Å². The number of hydrogen-bond acceptors (Lipinski definition) is 2. The molecule has 0 saturated heterocycles. The van der Waals surface area contributed by atoms with Gasteiger partial charge in [-0.3, -0.25) is 0 Å². The summed E-state index contributed by atoms with van der Waals surface area (Å²) < 4.78 is 33.6. The zero-order valence-corrected chi connectivity index (χ0v) is 12.7. The van der Waals surface area contributed by atoms with Crippen LogP contribution in [-0.4, -0.2) is 0 Å². The van der Waals surface area contributed by atoms with Gasteiger partial charge in [-0.1, -0.05) is 15.9 Å². The fourth-order valence-corrected chi connectivity index (χ4v) is 2.12. The number of halogens is 3. The van der Waals surface area contributed by atoms with Crippen LogP contribution in [0.2, 0.25) is 0 Å². The van der Waals surface area contributed by atoms with Gasteiger partial charge in [0, 0.05) is 16.1 Å². The van der Waals surface area contributed by atoms with Crippen molar-refractivity contribution in [3.05, 3.63) is 57.6 Å². The van der Waals surface area contributed by atoms with Crippen LogP contribution in [0.15, 0.2) is 34.8 Å². The lowest BCUT2D eigenvalue weighted by Crippen LogP contribution is -2.08. The van der Waals surface area contributed by atoms with E-state index in [1.807, 2.05) is 0 Å². The minimum atomic E-state index is -0.503. The van der Waals surface area contributed by atoms with Gasteiger partial charge in [-0.15, -0.1) is 0 Å². The van der Waals surface area contributed by atoms with Crippen LogP contribution in [0.1, 0.15) is 24.1 Å². The highest BCUT2D eigenvalue weighted by Crippen LogP contribution is 2.33. The maximum absolute atomic E-state index is 13.8. The highest BCUT2D eigenvalue weighted by atomic mass is 79.9. The Bertz CT molecular complexity index is 644. The molecule has 2 aromatic carbocycles. The molecular formula is C15H14BrF2NO. The molecule has 0 aliphatic rings. The number of benzene rings is 2. The first-order chi connectivity index (χ1) is 9.38. The predicted molar refractivity (Wildman–Crippen MR) is 77.9 cm³/mol. The summed E-state index contributed by atoms with van der Waals surface area (Å²) in [6.45, 7) is 3.33. The van der Waals surface area contributed by atoms with Crippen molar-refractivity contribution in [2.24, 2.45) is 5.73 Å². The molecule has 0 radical (unpaired) electrons. The number of rotatable bonds is 3. The lowest BCUT2D eigenvalue weighted by Gasteiger charge is -2.15. The highest BCUT2D eigenvalue weighted by molar-refractivity contribution is 9.10. The van der Waals surface area contributed by atoms with Crippen LogP contribution in [-0.2, 0) is 0 Å². The van der Waals surface area contributed by atoms with Crippen LogP contribution in [0.25, 0.3) is 0 Å². The smallest absolute Gasteiger partial charge is 0.166 e. The van der Waals surface area contributed by atoms with Crippen molar-refractivity contribution in [2.45, 2.75) is 19.9 Å². The van der Waals surface area contributed by atoms with Gasteiger partial charge in [-0.05, 0) is 49.7 Å². The van der Waals surface area contributed by atoms with E-state index >= 15 is 0 Å². The molecule has 0 aliphatic heterocycles. The Morgan fingerprint density at radius 3 is 2.40 bits per heavy atom. The van der Waals surface area contributed by atoms with E-state index in [0.29, 0.717) is 21.3 Å². The van der Waals surface area contributed by atoms with Crippen LogP contribution >= 0.6 is 15.9 Å². The molecule has 0 aromatic heterocycles. The quantitative estimate of drug-likeness (QED) is 0.866. The van der Waals surface area contributed by atoms with E-state index in [2.05, 4.69) is 15.9 Å². The molecule has 2 nitrogen and oxygen atoms in total. The molecule has 106 valence electrons. The fourth-order valence-electron chi connectivity index (χ4n) is 1.79. The molecule has 2 rings (SSSR count). The van der Waals surface area contributed by atoms with Crippen LogP contribution in [0.5, 0.6) is 11.5 Å². The maximum atomic E-state index is 13.8. The van der Waals surface area contributed by atoms with Crippen LogP contribution in [0, 0.1) is 18.6 Å². The second-order valence-electron chi connectivity index (χ2n) is 4.60. The van der Waals surface area contributed by atoms with E-state index < -0.39 is 11.9 Å². The molecule has 0 aliphatic carbocycles. The van der Waals surface area contributed by atoms with E-state index in [1.165, 1.54) is 24.3 Å². The fraction of sp³-hybridized carbons (Fsp3) is 0.200. The number of ether oxygens (including phenoxy) is 1. The van der Waals surface area contributed by atoms with Crippen molar-refractivity contribution in [1.29, 1.82) is 0 Å². The van der Waals surface area contributed by atoms with Gasteiger partial charge in [-0.25, -0.2) is 8.78 Å². The van der Waals surface area contributed by atoms with Gasteiger partial charge in [0.25, 0.3) is 0 Å². The zero-order valence-electron chi connectivity index (χ0n) is 11.1. The van der Waals surface area contributed by atoms with E-state index in [0.717, 1.165) is 0 Å². The standard InChI is InChI=1S/C15H14BrF2NO/c1-8-5-15(11(9(2)19)7-12(8)17)20-14-4-3-10(16)6-13(14)18/h3-7,9H,19H2,1-2H3/t9-/m1/s1. The topological polar surface area (TPSA) is 35.2 Å². The van der Waals surface area contributed by atoms with Crippen LogP contribution < -0.4 is 10.5 Å². The van der Waals surface area contributed by atoms with Crippen molar-refractivity contribution in [2.75, 3.05) is 0 Å². The van der Waals surface area contributed by atoms with E-state index in [4.69, 9.17) is 10.5 Å². The minimum absolute atomic E-state index is 0.0705. The molecular weight excluding hydrogens is 328 g/mol. The summed E-state index contributed by atoms with van der Waals surface area (Å²) in [5.41, 5.74) is 6.72. The Balaban J connectivity index is 2.44. The molecule has 0 bridgehead atoms. The average molecular weight is 342 g/mol. The lowest BCUT2D eigenvalue weighted by molar-refractivity contribution is 0.432. The summed E-state index contributed by atoms with van der Waals surface area (Å²) in [5, 5.41) is 0. The zero-order chi connectivity index (χ0) is 14.9. The van der Waals surface area contributed by atoms with E-state index in [-0.39, 0.29) is 11.6 Å². The number of aryl methyl sites for hydroxylation is 1. The van der Waals surface area contributed by atoms with Gasteiger partial charge >= 0.3 is 0 Å². The second-order valence-corrected chi connectivity index (χ2v) is 5.52. The van der Waals surface area contributed by atoms with Crippen LogP contribution in [0.4, 0.5) is 8.78 Å². The van der Waals surface area contributed by atoms with Crippen molar-refractivity contribution < 1.29 is 13.5 Å². The first-order valence-corrected chi connectivity index (χ1v) is 6.86. The summed E-state index contributed by atoms with van der Waals surface area (Å²) in [6, 6.07) is 6.90. The molecule has 0 amide bonds. The third-order valence-electron chi connectivity index (χ3n) is 2.90. The normalized spacial score (nSPS) is 12.3. The Morgan fingerprint density at radius 1 is 1.10 bits per heavy atom. The van der Waals surface area contributed by atoms with Gasteiger partial charge in [0.1, 0.15) is 11.6 Å². The third-order valence-corrected chi connectivity index (χ3v) is 3.39. The molecule has 5 heteroatoms. The first kappa shape index (κ1) is 14.9. The summed E-state index contributed by atoms with van der Waals surface area (Å²) in [7, 11) is 0. The number of hydrogen-bond donors (Lipinski definition) is 1. The average Bonchev–Trinajstić information content (AvgIpc) is 2.36. The minimum Gasteiger partial charge on any atom is -0.454 e. The SMILES string of the molecule is Cc1cc(Oc2ccc(Br)cc2F)c([C@@H](C)N)cc1F. The molecule has 2 aromatic rings. The molecule has 20 heavy (non-hydrogen) atoms. The first-order valence-electron chi connectivity index (χ1n) is 6.07.